The Morgan fingerprint density at radius 3 is 2.46 bits per heavy atom. The quantitative estimate of drug-likeness (QED) is 0.828. The van der Waals surface area contributed by atoms with Crippen molar-refractivity contribution in [1.29, 1.82) is 0 Å². The van der Waals surface area contributed by atoms with Gasteiger partial charge in [0, 0.05) is 23.9 Å². The summed E-state index contributed by atoms with van der Waals surface area (Å²) in [4.78, 5) is 27.3. The van der Waals surface area contributed by atoms with Crippen molar-refractivity contribution in [2.75, 3.05) is 18.2 Å². The van der Waals surface area contributed by atoms with Gasteiger partial charge in [0.25, 0.3) is 5.91 Å². The fraction of sp³-hybridized carbons (Fsp3) is 0.600. The normalized spacial score (nSPS) is 21.5. The third-order valence-corrected chi connectivity index (χ3v) is 6.23. The van der Waals surface area contributed by atoms with Crippen LogP contribution in [0, 0.1) is 5.92 Å². The van der Waals surface area contributed by atoms with Crippen molar-refractivity contribution in [1.82, 2.24) is 10.2 Å². The Kier molecular flexibility index (Phi) is 5.63. The van der Waals surface area contributed by atoms with Crippen LogP contribution in [0.4, 0.5) is 0 Å². The van der Waals surface area contributed by atoms with Crippen LogP contribution >= 0.6 is 11.8 Å². The van der Waals surface area contributed by atoms with Crippen LogP contribution in [0.25, 0.3) is 0 Å². The van der Waals surface area contributed by atoms with Crippen LogP contribution in [0.5, 0.6) is 0 Å². The molecule has 1 aromatic carbocycles. The maximum absolute atomic E-state index is 12.9. The average molecular weight is 376 g/mol. The van der Waals surface area contributed by atoms with Crippen LogP contribution in [0.3, 0.4) is 0 Å². The van der Waals surface area contributed by atoms with Crippen molar-refractivity contribution < 1.29 is 9.59 Å². The third-order valence-electron chi connectivity index (χ3n) is 5.22. The van der Waals surface area contributed by atoms with Crippen LogP contribution in [0.15, 0.2) is 24.3 Å². The molecule has 1 saturated carbocycles. The molecule has 2 unspecified atom stereocenters. The lowest BCUT2D eigenvalue weighted by atomic mass is 9.86. The topological polar surface area (TPSA) is 75.4 Å². The van der Waals surface area contributed by atoms with E-state index in [1.165, 1.54) is 5.56 Å². The number of hydrogen-bond acceptors (Lipinski definition) is 4. The van der Waals surface area contributed by atoms with Gasteiger partial charge in [0.1, 0.15) is 6.04 Å². The van der Waals surface area contributed by atoms with E-state index < -0.39 is 6.04 Å². The molecule has 1 saturated heterocycles. The number of nitrogens with one attached hydrogen (secondary N) is 1. The molecule has 2 atom stereocenters. The summed E-state index contributed by atoms with van der Waals surface area (Å²) in [6.45, 7) is 6.90. The number of nitrogens with two attached hydrogens (primary N) is 1. The van der Waals surface area contributed by atoms with Crippen molar-refractivity contribution in [3.05, 3.63) is 35.4 Å². The Labute approximate surface area is 160 Å². The molecule has 1 heterocycles. The molecule has 2 amide bonds. The molecule has 6 heteroatoms. The molecule has 142 valence electrons. The Morgan fingerprint density at radius 1 is 1.27 bits per heavy atom. The molecule has 2 fully saturated rings. The summed E-state index contributed by atoms with van der Waals surface area (Å²) in [5.74, 6) is 1.55. The van der Waals surface area contributed by atoms with Crippen LogP contribution in [0.1, 0.15) is 49.5 Å². The summed E-state index contributed by atoms with van der Waals surface area (Å²) in [6.07, 6.45) is 2.26. The van der Waals surface area contributed by atoms with Gasteiger partial charge in [-0.2, -0.15) is 0 Å². The molecule has 3 rings (SSSR count). The SMILES string of the molecule is CC(C)(C)c1ccc(C(=O)N2CSCC2C(=O)NC(CN)C2CC2)cc1. The maximum atomic E-state index is 12.9. The first-order valence-corrected chi connectivity index (χ1v) is 10.5. The van der Waals surface area contributed by atoms with Crippen molar-refractivity contribution >= 4 is 23.6 Å². The summed E-state index contributed by atoms with van der Waals surface area (Å²) in [6, 6.07) is 7.37. The van der Waals surface area contributed by atoms with Gasteiger partial charge in [-0.25, -0.2) is 0 Å². The van der Waals surface area contributed by atoms with E-state index in [4.69, 9.17) is 5.73 Å². The fourth-order valence-corrected chi connectivity index (χ4v) is 4.44. The highest BCUT2D eigenvalue weighted by molar-refractivity contribution is 7.99. The second kappa shape index (κ2) is 7.61. The van der Waals surface area contributed by atoms with Gasteiger partial charge in [-0.1, -0.05) is 32.9 Å². The minimum atomic E-state index is -0.414. The molecule has 1 aliphatic carbocycles. The number of rotatable bonds is 5. The number of amides is 2. The Bertz CT molecular complexity index is 665. The molecule has 5 nitrogen and oxygen atoms in total. The minimum Gasteiger partial charge on any atom is -0.350 e. The van der Waals surface area contributed by atoms with E-state index in [2.05, 4.69) is 26.1 Å². The molecule has 1 aliphatic heterocycles. The lowest BCUT2D eigenvalue weighted by Gasteiger charge is -2.26. The molecule has 26 heavy (non-hydrogen) atoms. The highest BCUT2D eigenvalue weighted by Gasteiger charge is 2.38. The molecule has 2 aliphatic rings. The monoisotopic (exact) mass is 375 g/mol. The number of nitrogens with zero attached hydrogens (tertiary/aromatic N) is 1. The van der Waals surface area contributed by atoms with Crippen molar-refractivity contribution in [3.8, 4) is 0 Å². The van der Waals surface area contributed by atoms with Crippen molar-refractivity contribution in [2.24, 2.45) is 11.7 Å². The zero-order chi connectivity index (χ0) is 18.9. The van der Waals surface area contributed by atoms with E-state index in [0.29, 0.717) is 29.7 Å². The molecule has 3 N–H and O–H groups in total. The molecular formula is C20H29N3O2S. The average Bonchev–Trinajstić information content (AvgIpc) is 3.33. The molecule has 1 aromatic rings. The van der Waals surface area contributed by atoms with Crippen molar-refractivity contribution in [3.63, 3.8) is 0 Å². The van der Waals surface area contributed by atoms with Gasteiger partial charge >= 0.3 is 0 Å². The first kappa shape index (κ1) is 19.2. The maximum Gasteiger partial charge on any atom is 0.255 e. The van der Waals surface area contributed by atoms with E-state index in [-0.39, 0.29) is 23.3 Å². The predicted octanol–water partition coefficient (Wildman–Crippen LogP) is 2.35. The lowest BCUT2D eigenvalue weighted by molar-refractivity contribution is -0.125. The number of carbonyl (C=O) groups excluding carboxylic acids is 2. The van der Waals surface area contributed by atoms with Crippen LogP contribution in [-0.2, 0) is 10.2 Å². The fourth-order valence-electron chi connectivity index (χ4n) is 3.29. The third kappa shape index (κ3) is 4.23. The molecule has 0 aromatic heterocycles. The van der Waals surface area contributed by atoms with E-state index in [1.807, 2.05) is 24.3 Å². The van der Waals surface area contributed by atoms with Crippen LogP contribution in [0.2, 0.25) is 0 Å². The van der Waals surface area contributed by atoms with Crippen LogP contribution in [-0.4, -0.2) is 47.0 Å². The summed E-state index contributed by atoms with van der Waals surface area (Å²) in [5, 5.41) is 3.06. The van der Waals surface area contributed by atoms with Gasteiger partial charge in [-0.05, 0) is 41.9 Å². The second-order valence-corrected chi connectivity index (χ2v) is 9.31. The summed E-state index contributed by atoms with van der Waals surface area (Å²) in [7, 11) is 0. The zero-order valence-electron chi connectivity index (χ0n) is 15.8. The lowest BCUT2D eigenvalue weighted by Crippen LogP contribution is -2.52. The molecule has 0 spiro atoms. The number of benzene rings is 1. The summed E-state index contributed by atoms with van der Waals surface area (Å²) >= 11 is 1.62. The van der Waals surface area contributed by atoms with E-state index in [9.17, 15) is 9.59 Å². The first-order valence-electron chi connectivity index (χ1n) is 9.31. The predicted molar refractivity (Wildman–Crippen MR) is 106 cm³/mol. The van der Waals surface area contributed by atoms with Gasteiger partial charge in [-0.15, -0.1) is 11.8 Å². The van der Waals surface area contributed by atoms with Crippen LogP contribution < -0.4 is 11.1 Å². The Balaban J connectivity index is 1.68. The van der Waals surface area contributed by atoms with E-state index in [1.54, 1.807) is 16.7 Å². The number of carbonyl (C=O) groups is 2. The van der Waals surface area contributed by atoms with Gasteiger partial charge in [0.15, 0.2) is 0 Å². The summed E-state index contributed by atoms with van der Waals surface area (Å²) in [5.41, 5.74) is 7.67. The second-order valence-electron chi connectivity index (χ2n) is 8.31. The molecule has 0 radical (unpaired) electrons. The molecule has 0 bridgehead atoms. The molecular weight excluding hydrogens is 346 g/mol. The van der Waals surface area contributed by atoms with Gasteiger partial charge in [0.05, 0.1) is 5.88 Å². The van der Waals surface area contributed by atoms with Gasteiger partial charge < -0.3 is 16.0 Å². The largest absolute Gasteiger partial charge is 0.350 e. The highest BCUT2D eigenvalue weighted by Crippen LogP contribution is 2.32. The minimum absolute atomic E-state index is 0.0381. The van der Waals surface area contributed by atoms with Crippen molar-refractivity contribution in [2.45, 2.75) is 51.1 Å². The standard InChI is InChI=1S/C20H29N3O2S/c1-20(2,3)15-8-6-14(7-9-15)19(25)23-12-26-11-17(23)18(24)22-16(10-21)13-4-5-13/h6-9,13,16-17H,4-5,10-12,21H2,1-3H3,(H,22,24). The van der Waals surface area contributed by atoms with Gasteiger partial charge in [0.2, 0.25) is 5.91 Å². The van der Waals surface area contributed by atoms with E-state index >= 15 is 0 Å². The smallest absolute Gasteiger partial charge is 0.255 e. The number of hydrogen-bond donors (Lipinski definition) is 2. The Hall–Kier alpha value is -1.53. The van der Waals surface area contributed by atoms with Gasteiger partial charge in [-0.3, -0.25) is 9.59 Å². The Morgan fingerprint density at radius 2 is 1.92 bits per heavy atom. The highest BCUT2D eigenvalue weighted by atomic mass is 32.2. The number of thioether (sulfide) groups is 1. The first-order chi connectivity index (χ1) is 12.3. The van der Waals surface area contributed by atoms with E-state index in [0.717, 1.165) is 12.8 Å². The zero-order valence-corrected chi connectivity index (χ0v) is 16.6. The summed E-state index contributed by atoms with van der Waals surface area (Å²) < 4.78 is 0.